The Morgan fingerprint density at radius 1 is 1.16 bits per heavy atom. The second-order valence-electron chi connectivity index (χ2n) is 9.21. The number of fused-ring (bicyclic) bond motifs is 1. The SMILES string of the molecule is COc1ccccc1C1(N2C[C@H](O)C[C@H]2C(=O)O)C(=O)N(S(=O)(=O)c2cc(C)ccn2)c2ccc(Cl)cc21. The minimum Gasteiger partial charge on any atom is -0.496 e. The smallest absolute Gasteiger partial charge is 0.321 e. The van der Waals surface area contributed by atoms with Crippen molar-refractivity contribution in [2.75, 3.05) is 18.0 Å². The number of ether oxygens (including phenoxy) is 1. The Labute approximate surface area is 224 Å². The molecule has 1 aromatic heterocycles. The standard InChI is InChI=1S/C26H24ClN3O7S/c1-15-9-10-28-23(11-15)38(35,36)30-20-8-7-16(27)12-19(20)26(25(30)34,18-5-3-4-6-22(18)37-2)29-14-17(31)13-21(29)24(32)33/h3-12,17,21,31H,13-14H2,1-2H3,(H,32,33)/t17-,21+,26?/m1/s1. The number of carboxylic acids is 1. The van der Waals surface area contributed by atoms with E-state index in [1.165, 1.54) is 42.5 Å². The van der Waals surface area contributed by atoms with Crippen molar-refractivity contribution in [3.05, 3.63) is 82.5 Å². The number of rotatable bonds is 6. The number of hydrogen-bond donors (Lipinski definition) is 2. The second-order valence-corrected chi connectivity index (χ2v) is 11.4. The average Bonchev–Trinajstić information content (AvgIpc) is 3.39. The van der Waals surface area contributed by atoms with Crippen molar-refractivity contribution in [2.24, 2.45) is 0 Å². The third-order valence-corrected chi connectivity index (χ3v) is 8.78. The molecule has 5 rings (SSSR count). The van der Waals surface area contributed by atoms with Gasteiger partial charge in [-0.2, -0.15) is 12.7 Å². The van der Waals surface area contributed by atoms with E-state index in [0.29, 0.717) is 9.87 Å². The number of aliphatic hydroxyl groups excluding tert-OH is 1. The summed E-state index contributed by atoms with van der Waals surface area (Å²) >= 11 is 6.39. The molecule has 1 fully saturated rings. The van der Waals surface area contributed by atoms with E-state index in [9.17, 15) is 28.2 Å². The Balaban J connectivity index is 1.88. The zero-order valence-corrected chi connectivity index (χ0v) is 22.0. The van der Waals surface area contributed by atoms with Gasteiger partial charge in [0.25, 0.3) is 15.9 Å². The molecule has 2 aromatic carbocycles. The van der Waals surface area contributed by atoms with Gasteiger partial charge in [-0.3, -0.25) is 14.5 Å². The molecule has 0 spiro atoms. The topological polar surface area (TPSA) is 137 Å². The highest BCUT2D eigenvalue weighted by Gasteiger charge is 2.64. The summed E-state index contributed by atoms with van der Waals surface area (Å²) in [5.41, 5.74) is -1.03. The fourth-order valence-electron chi connectivity index (χ4n) is 5.38. The van der Waals surface area contributed by atoms with Crippen molar-refractivity contribution in [3.8, 4) is 5.75 Å². The summed E-state index contributed by atoms with van der Waals surface area (Å²) in [5.74, 6) is -2.00. The molecule has 0 bridgehead atoms. The van der Waals surface area contributed by atoms with E-state index in [-0.39, 0.29) is 45.6 Å². The van der Waals surface area contributed by atoms with E-state index >= 15 is 0 Å². The number of β-amino-alcohol motifs (C(OH)–C–C–N with tert-alkyl or cyclic N) is 1. The molecule has 1 unspecified atom stereocenters. The van der Waals surface area contributed by atoms with Gasteiger partial charge in [0.15, 0.2) is 10.6 Å². The van der Waals surface area contributed by atoms with Crippen molar-refractivity contribution in [2.45, 2.75) is 36.1 Å². The number of sulfonamides is 1. The maximum Gasteiger partial charge on any atom is 0.321 e. The minimum atomic E-state index is -4.56. The van der Waals surface area contributed by atoms with Crippen LogP contribution in [0.5, 0.6) is 5.75 Å². The van der Waals surface area contributed by atoms with E-state index in [1.807, 2.05) is 0 Å². The number of carboxylic acid groups (broad SMARTS) is 1. The van der Waals surface area contributed by atoms with E-state index < -0.39 is 39.6 Å². The summed E-state index contributed by atoms with van der Waals surface area (Å²) < 4.78 is 34.2. The van der Waals surface area contributed by atoms with Crippen LogP contribution in [-0.4, -0.2) is 66.2 Å². The van der Waals surface area contributed by atoms with Crippen LogP contribution in [0.2, 0.25) is 5.02 Å². The number of amides is 1. The monoisotopic (exact) mass is 557 g/mol. The van der Waals surface area contributed by atoms with Gasteiger partial charge in [0.2, 0.25) is 0 Å². The van der Waals surface area contributed by atoms with Gasteiger partial charge < -0.3 is 14.9 Å². The van der Waals surface area contributed by atoms with Crippen LogP contribution >= 0.6 is 11.6 Å². The largest absolute Gasteiger partial charge is 0.496 e. The van der Waals surface area contributed by atoms with Gasteiger partial charge >= 0.3 is 5.97 Å². The molecule has 1 amide bonds. The number of pyridine rings is 1. The Morgan fingerprint density at radius 2 is 1.89 bits per heavy atom. The number of halogens is 1. The number of aryl methyl sites for hydroxylation is 1. The number of carbonyl (C=O) groups is 2. The van der Waals surface area contributed by atoms with E-state index in [0.717, 1.165) is 0 Å². The zero-order valence-electron chi connectivity index (χ0n) is 20.4. The van der Waals surface area contributed by atoms with Crippen LogP contribution in [0, 0.1) is 6.92 Å². The highest BCUT2D eigenvalue weighted by atomic mass is 35.5. The number of anilines is 1. The number of likely N-dealkylation sites (tertiary alicyclic amines) is 1. The number of hydrogen-bond acceptors (Lipinski definition) is 8. The number of nitrogens with zero attached hydrogens (tertiary/aromatic N) is 3. The zero-order chi connectivity index (χ0) is 27.4. The summed E-state index contributed by atoms with van der Waals surface area (Å²) in [5, 5.41) is 20.5. The third-order valence-electron chi connectivity index (χ3n) is 6.95. The van der Waals surface area contributed by atoms with Gasteiger partial charge in [-0.15, -0.1) is 0 Å². The van der Waals surface area contributed by atoms with Crippen LogP contribution in [0.3, 0.4) is 0 Å². The number of benzene rings is 2. The van der Waals surface area contributed by atoms with Crippen LogP contribution < -0.4 is 9.04 Å². The molecule has 12 heteroatoms. The lowest BCUT2D eigenvalue weighted by molar-refractivity contribution is -0.145. The molecule has 0 radical (unpaired) electrons. The minimum absolute atomic E-state index is 0.000796. The number of aromatic nitrogens is 1. The van der Waals surface area contributed by atoms with E-state index in [2.05, 4.69) is 4.98 Å². The van der Waals surface area contributed by atoms with E-state index in [1.54, 1.807) is 37.3 Å². The molecule has 0 aliphatic carbocycles. The van der Waals surface area contributed by atoms with Crippen molar-refractivity contribution in [1.29, 1.82) is 0 Å². The second kappa shape index (κ2) is 9.35. The van der Waals surface area contributed by atoms with Crippen LogP contribution in [0.4, 0.5) is 5.69 Å². The number of aliphatic hydroxyl groups is 1. The molecule has 198 valence electrons. The molecular formula is C26H24ClN3O7S. The summed E-state index contributed by atoms with van der Waals surface area (Å²) in [7, 11) is -3.17. The Kier molecular flexibility index (Phi) is 6.42. The van der Waals surface area contributed by atoms with Crippen molar-refractivity contribution >= 4 is 39.2 Å². The van der Waals surface area contributed by atoms with Crippen LogP contribution in [0.25, 0.3) is 0 Å². The van der Waals surface area contributed by atoms with Gasteiger partial charge in [0, 0.05) is 35.3 Å². The van der Waals surface area contributed by atoms with Crippen LogP contribution in [0.1, 0.15) is 23.1 Å². The molecule has 2 aliphatic heterocycles. The number of para-hydroxylation sites is 1. The predicted molar refractivity (Wildman–Crippen MR) is 138 cm³/mol. The van der Waals surface area contributed by atoms with Gasteiger partial charge in [-0.05, 0) is 48.9 Å². The van der Waals surface area contributed by atoms with Crippen LogP contribution in [-0.2, 0) is 25.2 Å². The van der Waals surface area contributed by atoms with Gasteiger partial charge in [0.1, 0.15) is 11.8 Å². The van der Waals surface area contributed by atoms with Gasteiger partial charge in [-0.25, -0.2) is 4.98 Å². The number of aliphatic carboxylic acids is 1. The first-order valence-electron chi connectivity index (χ1n) is 11.7. The molecule has 2 N–H and O–H groups in total. The molecule has 1 saturated heterocycles. The maximum atomic E-state index is 14.7. The lowest BCUT2D eigenvalue weighted by Gasteiger charge is -2.40. The van der Waals surface area contributed by atoms with Crippen LogP contribution in [0.15, 0.2) is 65.8 Å². The van der Waals surface area contributed by atoms with Crippen molar-refractivity contribution in [3.63, 3.8) is 0 Å². The molecule has 3 atom stereocenters. The molecule has 2 aliphatic rings. The Hall–Kier alpha value is -3.51. The third kappa shape index (κ3) is 3.77. The van der Waals surface area contributed by atoms with Gasteiger partial charge in [0.05, 0.1) is 18.9 Å². The summed E-state index contributed by atoms with van der Waals surface area (Å²) in [6.07, 6.45) is 0.0833. The Morgan fingerprint density at radius 3 is 2.58 bits per heavy atom. The molecule has 3 heterocycles. The first-order chi connectivity index (χ1) is 18.0. The Bertz CT molecular complexity index is 1560. The van der Waals surface area contributed by atoms with Gasteiger partial charge in [-0.1, -0.05) is 29.8 Å². The quantitative estimate of drug-likeness (QED) is 0.468. The normalized spacial score (nSPS) is 23.5. The fourth-order valence-corrected chi connectivity index (χ4v) is 7.04. The van der Waals surface area contributed by atoms with Crippen molar-refractivity contribution in [1.82, 2.24) is 9.88 Å². The summed E-state index contributed by atoms with van der Waals surface area (Å²) in [6.45, 7) is 1.48. The van der Waals surface area contributed by atoms with Crippen molar-refractivity contribution < 1.29 is 33.0 Å². The highest BCUT2D eigenvalue weighted by molar-refractivity contribution is 7.93. The molecule has 10 nitrogen and oxygen atoms in total. The summed E-state index contributed by atoms with van der Waals surface area (Å²) in [4.78, 5) is 32.5. The fraction of sp³-hybridized carbons (Fsp3) is 0.269. The number of methoxy groups -OCH3 is 1. The molecule has 38 heavy (non-hydrogen) atoms. The molecular weight excluding hydrogens is 534 g/mol. The maximum absolute atomic E-state index is 14.7. The molecule has 0 saturated carbocycles. The number of carbonyl (C=O) groups excluding carboxylic acids is 1. The lowest BCUT2D eigenvalue weighted by Crippen LogP contribution is -2.58. The predicted octanol–water partition coefficient (Wildman–Crippen LogP) is 2.55. The van der Waals surface area contributed by atoms with E-state index in [4.69, 9.17) is 16.3 Å². The average molecular weight is 558 g/mol. The first kappa shape index (κ1) is 26.1. The lowest BCUT2D eigenvalue weighted by atomic mass is 9.81. The molecule has 3 aromatic rings. The highest BCUT2D eigenvalue weighted by Crippen LogP contribution is 2.54. The first-order valence-corrected chi connectivity index (χ1v) is 13.5. The summed E-state index contributed by atoms with van der Waals surface area (Å²) in [6, 6.07) is 12.4.